The third-order valence-corrected chi connectivity index (χ3v) is 5.28. The molecular formula is C22H28N6O2. The summed E-state index contributed by atoms with van der Waals surface area (Å²) in [5.41, 5.74) is 3.25. The number of anilines is 1. The molecule has 0 bridgehead atoms. The monoisotopic (exact) mass is 408 g/mol. The van der Waals surface area contributed by atoms with Gasteiger partial charge in [-0.3, -0.25) is 0 Å². The Morgan fingerprint density at radius 1 is 1.37 bits per heavy atom. The average Bonchev–Trinajstić information content (AvgIpc) is 2.77. The number of nitriles is 1. The molecule has 30 heavy (non-hydrogen) atoms. The lowest BCUT2D eigenvalue weighted by atomic mass is 9.86. The lowest BCUT2D eigenvalue weighted by Crippen LogP contribution is -2.42. The molecule has 0 spiro atoms. The summed E-state index contributed by atoms with van der Waals surface area (Å²) in [6.07, 6.45) is 2.49. The second-order valence-corrected chi connectivity index (χ2v) is 8.16. The van der Waals surface area contributed by atoms with Crippen LogP contribution in [-0.4, -0.2) is 45.2 Å². The van der Waals surface area contributed by atoms with Crippen molar-refractivity contribution in [3.8, 4) is 6.07 Å². The maximum Gasteiger partial charge on any atom is 0.318 e. The zero-order valence-electron chi connectivity index (χ0n) is 17.6. The molecule has 2 amide bonds. The minimum absolute atomic E-state index is 0.00996. The molecule has 0 unspecified atom stereocenters. The van der Waals surface area contributed by atoms with Gasteiger partial charge in [-0.05, 0) is 43.9 Å². The van der Waals surface area contributed by atoms with Crippen LogP contribution in [0.25, 0.3) is 0 Å². The summed E-state index contributed by atoms with van der Waals surface area (Å²) in [5, 5.41) is 24.4. The van der Waals surface area contributed by atoms with E-state index in [0.29, 0.717) is 32.0 Å². The normalized spacial score (nSPS) is 14.4. The van der Waals surface area contributed by atoms with Gasteiger partial charge in [0.25, 0.3) is 0 Å². The van der Waals surface area contributed by atoms with Gasteiger partial charge in [-0.2, -0.15) is 5.26 Å². The molecule has 1 aliphatic rings. The Balaban J connectivity index is 1.58. The summed E-state index contributed by atoms with van der Waals surface area (Å²) >= 11 is 0. The molecule has 1 aromatic carbocycles. The molecule has 2 heterocycles. The van der Waals surface area contributed by atoms with E-state index in [1.54, 1.807) is 11.1 Å². The van der Waals surface area contributed by atoms with Gasteiger partial charge >= 0.3 is 6.03 Å². The van der Waals surface area contributed by atoms with Crippen LogP contribution in [0.1, 0.15) is 43.2 Å². The fourth-order valence-electron chi connectivity index (χ4n) is 3.21. The molecule has 3 rings (SSSR count). The Kier molecular flexibility index (Phi) is 6.53. The van der Waals surface area contributed by atoms with E-state index in [1.165, 1.54) is 0 Å². The highest BCUT2D eigenvalue weighted by Gasteiger charge is 2.23. The van der Waals surface area contributed by atoms with Crippen LogP contribution in [0.15, 0.2) is 30.5 Å². The van der Waals surface area contributed by atoms with Crippen LogP contribution >= 0.6 is 0 Å². The summed E-state index contributed by atoms with van der Waals surface area (Å²) < 4.78 is 0. The zero-order chi connectivity index (χ0) is 21.7. The summed E-state index contributed by atoms with van der Waals surface area (Å²) in [6.45, 7) is 7.04. The van der Waals surface area contributed by atoms with Crippen molar-refractivity contribution in [3.05, 3.63) is 52.8 Å². The number of aliphatic hydroxyl groups is 1. The number of fused-ring (bicyclic) bond motifs is 1. The number of carbonyl (C=O) groups excluding carboxylic acids is 1. The van der Waals surface area contributed by atoms with Crippen molar-refractivity contribution in [1.29, 1.82) is 5.26 Å². The standard InChI is InChI=1S/C22H28N6O2/c1-15(13-29)26-20-24-11-17-8-9-28(12-19(17)27-20)21(30)25-10-16-4-6-18(7-5-16)22(2,3)14-23/h4-7,11,15,29H,8-10,12-13H2,1-3H3,(H,25,30)(H,24,26,27)/t15-/m0/s1. The number of nitrogens with one attached hydrogen (secondary N) is 2. The largest absolute Gasteiger partial charge is 0.394 e. The maximum atomic E-state index is 12.6. The molecule has 0 saturated heterocycles. The minimum atomic E-state index is -0.534. The quantitative estimate of drug-likeness (QED) is 0.676. The van der Waals surface area contributed by atoms with Gasteiger partial charge in [-0.25, -0.2) is 14.8 Å². The van der Waals surface area contributed by atoms with Crippen LogP contribution in [0, 0.1) is 11.3 Å². The van der Waals surface area contributed by atoms with Crippen LogP contribution in [0.3, 0.4) is 0 Å². The van der Waals surface area contributed by atoms with Crippen molar-refractivity contribution in [2.75, 3.05) is 18.5 Å². The highest BCUT2D eigenvalue weighted by atomic mass is 16.3. The Hall–Kier alpha value is -3.18. The Labute approximate surface area is 177 Å². The first-order valence-corrected chi connectivity index (χ1v) is 10.1. The average molecular weight is 409 g/mol. The Bertz CT molecular complexity index is 936. The first kappa shape index (κ1) is 21.5. The van der Waals surface area contributed by atoms with E-state index in [-0.39, 0.29) is 18.7 Å². The van der Waals surface area contributed by atoms with Crippen LogP contribution in [0.4, 0.5) is 10.7 Å². The summed E-state index contributed by atoms with van der Waals surface area (Å²) in [6, 6.07) is 9.75. The van der Waals surface area contributed by atoms with Crippen molar-refractivity contribution in [1.82, 2.24) is 20.2 Å². The van der Waals surface area contributed by atoms with Gasteiger partial charge in [0.15, 0.2) is 0 Å². The second kappa shape index (κ2) is 9.09. The van der Waals surface area contributed by atoms with E-state index in [9.17, 15) is 15.2 Å². The first-order chi connectivity index (χ1) is 14.3. The molecule has 2 aromatic rings. The van der Waals surface area contributed by atoms with Crippen LogP contribution in [-0.2, 0) is 24.9 Å². The molecule has 3 N–H and O–H groups in total. The number of nitrogens with zero attached hydrogens (tertiary/aromatic N) is 4. The number of urea groups is 1. The Morgan fingerprint density at radius 2 is 2.10 bits per heavy atom. The van der Waals surface area contributed by atoms with Crippen LogP contribution < -0.4 is 10.6 Å². The van der Waals surface area contributed by atoms with E-state index < -0.39 is 5.41 Å². The maximum absolute atomic E-state index is 12.6. The number of hydrogen-bond acceptors (Lipinski definition) is 6. The van der Waals surface area contributed by atoms with Crippen LogP contribution in [0.2, 0.25) is 0 Å². The van der Waals surface area contributed by atoms with Crippen molar-refractivity contribution in [3.63, 3.8) is 0 Å². The fraction of sp³-hybridized carbons (Fsp3) is 0.455. The molecule has 1 atom stereocenters. The zero-order valence-corrected chi connectivity index (χ0v) is 17.6. The predicted octanol–water partition coefficient (Wildman–Crippen LogP) is 2.34. The third-order valence-electron chi connectivity index (χ3n) is 5.28. The highest BCUT2D eigenvalue weighted by molar-refractivity contribution is 5.74. The SMILES string of the molecule is C[C@@H](CO)Nc1ncc2c(n1)CN(C(=O)NCc1ccc(C(C)(C)C#N)cc1)CC2. The van der Waals surface area contributed by atoms with Gasteiger partial charge in [0.1, 0.15) is 0 Å². The molecule has 8 nitrogen and oxygen atoms in total. The number of aliphatic hydroxyl groups excluding tert-OH is 1. The minimum Gasteiger partial charge on any atom is -0.394 e. The van der Waals surface area contributed by atoms with Crippen molar-refractivity contribution in [2.45, 2.75) is 51.7 Å². The molecule has 8 heteroatoms. The van der Waals surface area contributed by atoms with Crippen molar-refractivity contribution >= 4 is 12.0 Å². The van der Waals surface area contributed by atoms with Gasteiger partial charge in [0.2, 0.25) is 5.95 Å². The molecule has 0 saturated carbocycles. The molecule has 1 aromatic heterocycles. The van der Waals surface area contributed by atoms with Crippen molar-refractivity contribution in [2.24, 2.45) is 0 Å². The van der Waals surface area contributed by atoms with E-state index in [0.717, 1.165) is 22.4 Å². The van der Waals surface area contributed by atoms with Gasteiger partial charge in [-0.15, -0.1) is 0 Å². The summed E-state index contributed by atoms with van der Waals surface area (Å²) in [7, 11) is 0. The smallest absolute Gasteiger partial charge is 0.318 e. The molecule has 158 valence electrons. The van der Waals surface area contributed by atoms with E-state index in [1.807, 2.05) is 45.0 Å². The summed E-state index contributed by atoms with van der Waals surface area (Å²) in [5.74, 6) is 0.456. The molecule has 1 aliphatic heterocycles. The lowest BCUT2D eigenvalue weighted by Gasteiger charge is -2.28. The highest BCUT2D eigenvalue weighted by Crippen LogP contribution is 2.22. The number of aromatic nitrogens is 2. The van der Waals surface area contributed by atoms with Gasteiger partial charge in [0.05, 0.1) is 30.3 Å². The van der Waals surface area contributed by atoms with Crippen LogP contribution in [0.5, 0.6) is 0 Å². The van der Waals surface area contributed by atoms with E-state index in [2.05, 4.69) is 26.7 Å². The van der Waals surface area contributed by atoms with Crippen molar-refractivity contribution < 1.29 is 9.90 Å². The number of amides is 2. The van der Waals surface area contributed by atoms with Gasteiger partial charge < -0.3 is 20.6 Å². The topological polar surface area (TPSA) is 114 Å². The third kappa shape index (κ3) is 5.05. The molecule has 0 radical (unpaired) electrons. The Morgan fingerprint density at radius 3 is 2.77 bits per heavy atom. The van der Waals surface area contributed by atoms with E-state index in [4.69, 9.17) is 0 Å². The van der Waals surface area contributed by atoms with Gasteiger partial charge in [0, 0.05) is 25.3 Å². The number of rotatable bonds is 6. The number of carbonyl (C=O) groups is 1. The first-order valence-electron chi connectivity index (χ1n) is 10.1. The molecule has 0 fully saturated rings. The molecular weight excluding hydrogens is 380 g/mol. The summed E-state index contributed by atoms with van der Waals surface area (Å²) in [4.78, 5) is 23.2. The fourth-order valence-corrected chi connectivity index (χ4v) is 3.21. The lowest BCUT2D eigenvalue weighted by molar-refractivity contribution is 0.191. The number of hydrogen-bond donors (Lipinski definition) is 3. The molecule has 0 aliphatic carbocycles. The van der Waals surface area contributed by atoms with E-state index >= 15 is 0 Å². The van der Waals surface area contributed by atoms with Gasteiger partial charge in [-0.1, -0.05) is 24.3 Å². The number of benzene rings is 1. The predicted molar refractivity (Wildman–Crippen MR) is 114 cm³/mol. The second-order valence-electron chi connectivity index (χ2n) is 8.16.